The molecule has 0 amide bonds. The van der Waals surface area contributed by atoms with E-state index in [4.69, 9.17) is 22.2 Å². The van der Waals surface area contributed by atoms with E-state index in [-0.39, 0.29) is 0 Å². The van der Waals surface area contributed by atoms with Gasteiger partial charge in [-0.05, 0) is 72.5 Å². The molecule has 0 saturated carbocycles. The van der Waals surface area contributed by atoms with Gasteiger partial charge in [0, 0.05) is 28.3 Å². The molecule has 1 aliphatic rings. The Labute approximate surface area is 198 Å². The number of hydrogen-bond acceptors (Lipinski definition) is 5. The normalized spacial score (nSPS) is 18.3. The predicted octanol–water partition coefficient (Wildman–Crippen LogP) is 4.06. The maximum atomic E-state index is 6.59. The van der Waals surface area contributed by atoms with Gasteiger partial charge in [-0.25, -0.2) is 4.98 Å². The lowest BCUT2D eigenvalue weighted by atomic mass is 10.0. The Balaban J connectivity index is 2.00. The van der Waals surface area contributed by atoms with Crippen molar-refractivity contribution >= 4 is 40.2 Å². The topological polar surface area (TPSA) is 99.1 Å². The van der Waals surface area contributed by atoms with Gasteiger partial charge in [0.05, 0.1) is 5.70 Å². The van der Waals surface area contributed by atoms with Crippen LogP contribution in [0.15, 0.2) is 61.3 Å². The Hall–Kier alpha value is -2.36. The van der Waals surface area contributed by atoms with Gasteiger partial charge in [0.15, 0.2) is 0 Å². The molecule has 0 aliphatic carbocycles. The van der Waals surface area contributed by atoms with Gasteiger partial charge < -0.3 is 17.2 Å². The largest absolute Gasteiger partial charge is 0.405 e. The average Bonchev–Trinajstić information content (AvgIpc) is 3.10. The number of nitrogens with two attached hydrogens (primary N) is 3. The summed E-state index contributed by atoms with van der Waals surface area (Å²) < 4.78 is 3.02. The van der Waals surface area contributed by atoms with E-state index >= 15 is 0 Å². The number of nitrogens with zero attached hydrogens (tertiary/aromatic N) is 3. The molecule has 1 fully saturated rings. The number of nitrogen functional groups attached to an aromatic ring is 1. The van der Waals surface area contributed by atoms with E-state index in [0.717, 1.165) is 39.4 Å². The number of rotatable bonds is 8. The minimum atomic E-state index is 0.451. The minimum Gasteiger partial charge on any atom is -0.405 e. The third-order valence-electron chi connectivity index (χ3n) is 5.51. The van der Waals surface area contributed by atoms with Crippen LogP contribution in [0.3, 0.4) is 0 Å². The van der Waals surface area contributed by atoms with Gasteiger partial charge in [-0.1, -0.05) is 43.4 Å². The smallest absolute Gasteiger partial charge is 0.147 e. The Bertz CT molecular complexity index is 988. The highest BCUT2D eigenvalue weighted by Gasteiger charge is 2.21. The first-order chi connectivity index (χ1) is 15.1. The van der Waals surface area contributed by atoms with Crippen molar-refractivity contribution in [1.29, 1.82) is 0 Å². The highest BCUT2D eigenvalue weighted by atomic mass is 127. The molecule has 1 atom stereocenters. The molecule has 6 N–H and O–H groups in total. The number of anilines is 1. The van der Waals surface area contributed by atoms with Crippen LogP contribution in [0, 0.1) is 3.57 Å². The molecule has 1 saturated heterocycles. The first kappa shape index (κ1) is 23.3. The van der Waals surface area contributed by atoms with Crippen LogP contribution >= 0.6 is 22.6 Å². The van der Waals surface area contributed by atoms with Crippen molar-refractivity contribution in [3.63, 3.8) is 0 Å². The molecule has 2 aromatic rings. The lowest BCUT2D eigenvalue weighted by Gasteiger charge is -2.34. The van der Waals surface area contributed by atoms with Crippen LogP contribution in [0.4, 0.5) is 5.82 Å². The third kappa shape index (κ3) is 5.47. The molecule has 7 heteroatoms. The summed E-state index contributed by atoms with van der Waals surface area (Å²) in [5, 5.41) is 0. The van der Waals surface area contributed by atoms with Crippen molar-refractivity contribution in [2.75, 3.05) is 25.4 Å². The molecule has 31 heavy (non-hydrogen) atoms. The van der Waals surface area contributed by atoms with Crippen LogP contribution in [0.2, 0.25) is 0 Å². The molecule has 0 unspecified atom stereocenters. The van der Waals surface area contributed by atoms with Crippen molar-refractivity contribution in [3.05, 3.63) is 70.6 Å². The fourth-order valence-electron chi connectivity index (χ4n) is 3.95. The fourth-order valence-corrected chi connectivity index (χ4v) is 4.58. The van der Waals surface area contributed by atoms with Crippen LogP contribution in [-0.2, 0) is 0 Å². The van der Waals surface area contributed by atoms with E-state index < -0.39 is 0 Å². The molecule has 0 radical (unpaired) electrons. The summed E-state index contributed by atoms with van der Waals surface area (Å²) in [7, 11) is 0. The minimum absolute atomic E-state index is 0.451. The summed E-state index contributed by atoms with van der Waals surface area (Å²) in [5.74, 6) is 1.33. The number of aromatic nitrogens is 2. The number of hydrogen-bond donors (Lipinski definition) is 3. The second kappa shape index (κ2) is 11.3. The molecule has 1 aromatic heterocycles. The number of benzene rings is 1. The average molecular weight is 530 g/mol. The van der Waals surface area contributed by atoms with Gasteiger partial charge in [0.1, 0.15) is 17.3 Å². The summed E-state index contributed by atoms with van der Waals surface area (Å²) in [6.45, 7) is 6.44. The molecule has 6 nitrogen and oxygen atoms in total. The highest BCUT2D eigenvalue weighted by molar-refractivity contribution is 14.1. The molecular weight excluding hydrogens is 499 g/mol. The van der Waals surface area contributed by atoms with Crippen molar-refractivity contribution in [1.82, 2.24) is 14.5 Å². The molecule has 1 aromatic carbocycles. The molecule has 3 rings (SSSR count). The number of allylic oxidation sites excluding steroid dienone is 4. The number of halogens is 1. The van der Waals surface area contributed by atoms with Crippen LogP contribution in [0.25, 0.3) is 23.2 Å². The van der Waals surface area contributed by atoms with Crippen molar-refractivity contribution in [2.45, 2.75) is 25.3 Å². The van der Waals surface area contributed by atoms with Gasteiger partial charge in [-0.2, -0.15) is 0 Å². The first-order valence-corrected chi connectivity index (χ1v) is 11.6. The number of imidazole rings is 1. The summed E-state index contributed by atoms with van der Waals surface area (Å²) in [6.07, 6.45) is 14.7. The Kier molecular flexibility index (Phi) is 8.51. The maximum Gasteiger partial charge on any atom is 0.147 e. The van der Waals surface area contributed by atoms with Gasteiger partial charge in [0.25, 0.3) is 0 Å². The van der Waals surface area contributed by atoms with E-state index in [0.29, 0.717) is 18.4 Å². The zero-order chi connectivity index (χ0) is 22.2. The lowest BCUT2D eigenvalue weighted by Crippen LogP contribution is -2.43. The van der Waals surface area contributed by atoms with Crippen LogP contribution in [-0.4, -0.2) is 40.1 Å². The maximum absolute atomic E-state index is 6.59. The van der Waals surface area contributed by atoms with E-state index in [2.05, 4.69) is 46.2 Å². The van der Waals surface area contributed by atoms with Gasteiger partial charge in [0.2, 0.25) is 0 Å². The summed E-state index contributed by atoms with van der Waals surface area (Å²) in [6, 6.07) is 8.56. The molecule has 2 heterocycles. The zero-order valence-corrected chi connectivity index (χ0v) is 19.9. The van der Waals surface area contributed by atoms with Crippen molar-refractivity contribution in [3.8, 4) is 11.4 Å². The van der Waals surface area contributed by atoms with Crippen molar-refractivity contribution in [2.24, 2.45) is 11.5 Å². The SMILES string of the molecule is C=C/C=C(\C=C/N)n1c(-c2ccccc2I)nc(/C=C\CN2CCCC[C@H]2CN)c1N. The monoisotopic (exact) mass is 530 g/mol. The Morgan fingerprint density at radius 2 is 2.10 bits per heavy atom. The van der Waals surface area contributed by atoms with E-state index in [1.165, 1.54) is 25.5 Å². The quantitative estimate of drug-likeness (QED) is 0.353. The lowest BCUT2D eigenvalue weighted by molar-refractivity contribution is 0.170. The van der Waals surface area contributed by atoms with Gasteiger partial charge >= 0.3 is 0 Å². The molecule has 164 valence electrons. The molecule has 0 spiro atoms. The van der Waals surface area contributed by atoms with E-state index in [1.54, 1.807) is 12.2 Å². The van der Waals surface area contributed by atoms with Crippen molar-refractivity contribution < 1.29 is 0 Å². The van der Waals surface area contributed by atoms with E-state index in [9.17, 15) is 0 Å². The predicted molar refractivity (Wildman–Crippen MR) is 140 cm³/mol. The summed E-state index contributed by atoms with van der Waals surface area (Å²) in [5.41, 5.74) is 20.8. The highest BCUT2D eigenvalue weighted by Crippen LogP contribution is 2.32. The van der Waals surface area contributed by atoms with Crippen LogP contribution in [0.1, 0.15) is 25.0 Å². The molecule has 0 bridgehead atoms. The standard InChI is InChI=1S/C24H31IN6/c1-2-8-18(13-14-26)31-23(28)22(29-24(31)20-10-3-4-11-21(20)25)12-7-16-30-15-6-5-9-19(30)17-27/h2-4,7-8,10-14,19H,1,5-6,9,15-17,26-28H2/b12-7-,14-13-,18-8+/t19-/m0/s1. The van der Waals surface area contributed by atoms with Crippen LogP contribution in [0.5, 0.6) is 0 Å². The molecule has 1 aliphatic heterocycles. The van der Waals surface area contributed by atoms with E-state index in [1.807, 2.05) is 34.9 Å². The Morgan fingerprint density at radius 3 is 2.81 bits per heavy atom. The zero-order valence-electron chi connectivity index (χ0n) is 17.8. The fraction of sp³-hybridized carbons (Fsp3) is 0.292. The number of piperidine rings is 1. The first-order valence-electron chi connectivity index (χ1n) is 10.6. The third-order valence-corrected chi connectivity index (χ3v) is 6.45. The molecular formula is C24H31IN6. The van der Waals surface area contributed by atoms with Crippen LogP contribution < -0.4 is 17.2 Å². The summed E-state index contributed by atoms with van der Waals surface area (Å²) >= 11 is 2.32. The number of likely N-dealkylation sites (tertiary alicyclic amines) is 1. The van der Waals surface area contributed by atoms with Gasteiger partial charge in [-0.3, -0.25) is 9.47 Å². The Morgan fingerprint density at radius 1 is 1.29 bits per heavy atom. The second-order valence-electron chi connectivity index (χ2n) is 7.49. The van der Waals surface area contributed by atoms with Gasteiger partial charge in [-0.15, -0.1) is 0 Å². The summed E-state index contributed by atoms with van der Waals surface area (Å²) in [4.78, 5) is 7.34. The second-order valence-corrected chi connectivity index (χ2v) is 8.65.